The number of hydrogen-bond acceptors (Lipinski definition) is 6. The van der Waals surface area contributed by atoms with Crippen LogP contribution < -0.4 is 5.32 Å². The number of likely N-dealkylation sites (tertiary alicyclic amines) is 1. The minimum Gasteiger partial charge on any atom is -0.444 e. The third-order valence-corrected chi connectivity index (χ3v) is 4.69. The van der Waals surface area contributed by atoms with Gasteiger partial charge in [0.05, 0.1) is 43.3 Å². The predicted octanol–water partition coefficient (Wildman–Crippen LogP) is 4.39. The van der Waals surface area contributed by atoms with Gasteiger partial charge in [0, 0.05) is 12.1 Å². The van der Waals surface area contributed by atoms with E-state index in [4.69, 9.17) is 9.47 Å². The van der Waals surface area contributed by atoms with Crippen molar-refractivity contribution in [2.75, 3.05) is 18.4 Å². The van der Waals surface area contributed by atoms with Gasteiger partial charge in [-0.3, -0.25) is 0 Å². The molecule has 1 aliphatic heterocycles. The number of amides is 1. The fourth-order valence-corrected chi connectivity index (χ4v) is 3.15. The first-order valence-electron chi connectivity index (χ1n) is 10.0. The average Bonchev–Trinajstić information content (AvgIpc) is 3.09. The van der Waals surface area contributed by atoms with Gasteiger partial charge < -0.3 is 19.7 Å². The number of rotatable bonds is 5. The lowest BCUT2D eigenvalue weighted by atomic mass is 10.1. The van der Waals surface area contributed by atoms with Gasteiger partial charge in [0.2, 0.25) is 5.95 Å². The molecule has 0 unspecified atom stereocenters. The van der Waals surface area contributed by atoms with Crippen molar-refractivity contribution in [3.8, 4) is 0 Å². The fraction of sp³-hybridized carbons (Fsp3) is 0.476. The number of carbonyl (C=O) groups excluding carboxylic acids is 1. The molecule has 2 aromatic rings. The Morgan fingerprint density at radius 2 is 1.82 bits per heavy atom. The Labute approximate surface area is 186 Å². The van der Waals surface area contributed by atoms with Crippen LogP contribution in [0, 0.1) is 11.6 Å². The Kier molecular flexibility index (Phi) is 7.06. The summed E-state index contributed by atoms with van der Waals surface area (Å²) >= 11 is 0. The van der Waals surface area contributed by atoms with Gasteiger partial charge in [0.25, 0.3) is 0 Å². The second-order valence-corrected chi connectivity index (χ2v) is 8.51. The lowest BCUT2D eigenvalue weighted by Gasteiger charge is -2.24. The van der Waals surface area contributed by atoms with Crippen LogP contribution in [0.4, 0.5) is 32.7 Å². The highest BCUT2D eigenvalue weighted by Crippen LogP contribution is 2.30. The van der Waals surface area contributed by atoms with Crippen molar-refractivity contribution >= 4 is 12.0 Å². The molecule has 0 bridgehead atoms. The van der Waals surface area contributed by atoms with E-state index in [1.54, 1.807) is 20.8 Å². The van der Waals surface area contributed by atoms with Gasteiger partial charge in [-0.25, -0.2) is 23.5 Å². The van der Waals surface area contributed by atoms with Crippen LogP contribution in [0.2, 0.25) is 0 Å². The summed E-state index contributed by atoms with van der Waals surface area (Å²) in [6.07, 6.45) is -4.04. The van der Waals surface area contributed by atoms with E-state index in [1.165, 1.54) is 4.90 Å². The van der Waals surface area contributed by atoms with Crippen LogP contribution in [-0.4, -0.2) is 51.8 Å². The SMILES string of the molecule is CC(C)(C)OC(=O)N1C[C@@H](Nc2ncc(F)cn2)[C@H](OCc2ccc(C(F)(F)F)cc2F)C1. The lowest BCUT2D eigenvalue weighted by molar-refractivity contribution is -0.137. The van der Waals surface area contributed by atoms with Crippen LogP contribution >= 0.6 is 0 Å². The number of carbonyl (C=O) groups is 1. The third kappa shape index (κ3) is 6.73. The molecule has 0 aliphatic carbocycles. The summed E-state index contributed by atoms with van der Waals surface area (Å²) in [5.74, 6) is -1.60. The van der Waals surface area contributed by atoms with Crippen LogP contribution in [0.15, 0.2) is 30.6 Å². The van der Waals surface area contributed by atoms with Crippen molar-refractivity contribution in [2.24, 2.45) is 0 Å². The lowest BCUT2D eigenvalue weighted by Crippen LogP contribution is -2.36. The number of ether oxygens (including phenoxy) is 2. The molecule has 1 aliphatic rings. The minimum absolute atomic E-state index is 0.0655. The summed E-state index contributed by atoms with van der Waals surface area (Å²) in [4.78, 5) is 21.5. The molecule has 180 valence electrons. The Morgan fingerprint density at radius 3 is 2.39 bits per heavy atom. The zero-order chi connectivity index (χ0) is 24.4. The Balaban J connectivity index is 1.73. The number of hydrogen-bond donors (Lipinski definition) is 1. The minimum atomic E-state index is -4.66. The van der Waals surface area contributed by atoms with Crippen molar-refractivity contribution in [1.82, 2.24) is 14.9 Å². The first-order chi connectivity index (χ1) is 15.3. The van der Waals surface area contributed by atoms with E-state index in [0.29, 0.717) is 6.07 Å². The van der Waals surface area contributed by atoms with E-state index in [-0.39, 0.29) is 31.2 Å². The second kappa shape index (κ2) is 9.46. The van der Waals surface area contributed by atoms with Crippen LogP contribution in [0.25, 0.3) is 0 Å². The topological polar surface area (TPSA) is 76.6 Å². The van der Waals surface area contributed by atoms with Crippen LogP contribution in [0.3, 0.4) is 0 Å². The molecule has 33 heavy (non-hydrogen) atoms. The maximum absolute atomic E-state index is 14.2. The summed E-state index contributed by atoms with van der Waals surface area (Å²) < 4.78 is 76.7. The molecule has 7 nitrogen and oxygen atoms in total. The predicted molar refractivity (Wildman–Crippen MR) is 107 cm³/mol. The average molecular weight is 474 g/mol. The van der Waals surface area contributed by atoms with Crippen molar-refractivity contribution in [2.45, 2.75) is 51.3 Å². The number of nitrogens with one attached hydrogen (secondary N) is 1. The van der Waals surface area contributed by atoms with Gasteiger partial charge in [-0.1, -0.05) is 6.07 Å². The molecule has 1 aromatic carbocycles. The molecule has 2 heterocycles. The number of benzene rings is 1. The Hall–Kier alpha value is -3.02. The highest BCUT2D eigenvalue weighted by molar-refractivity contribution is 5.69. The highest BCUT2D eigenvalue weighted by atomic mass is 19.4. The van der Waals surface area contributed by atoms with E-state index in [1.807, 2.05) is 0 Å². The molecule has 1 amide bonds. The Bertz CT molecular complexity index is 979. The summed E-state index contributed by atoms with van der Waals surface area (Å²) in [6, 6.07) is 1.61. The standard InChI is InChI=1S/C21H23F5N4O3/c1-20(2,3)33-19(31)30-9-16(29-18-27-7-14(22)8-28-18)17(10-30)32-11-12-4-5-13(6-15(12)23)21(24,25)26/h4-8,16-17H,9-11H2,1-3H3,(H,27,28,29)/t16-,17-/m1/s1. The zero-order valence-electron chi connectivity index (χ0n) is 18.1. The van der Waals surface area contributed by atoms with Crippen LogP contribution in [0.5, 0.6) is 0 Å². The Morgan fingerprint density at radius 1 is 1.15 bits per heavy atom. The second-order valence-electron chi connectivity index (χ2n) is 8.51. The highest BCUT2D eigenvalue weighted by Gasteiger charge is 2.38. The molecule has 2 atom stereocenters. The number of halogens is 5. The molecular weight excluding hydrogens is 451 g/mol. The van der Waals surface area contributed by atoms with E-state index in [0.717, 1.165) is 24.5 Å². The number of anilines is 1. The van der Waals surface area contributed by atoms with Crippen molar-refractivity contribution < 1.29 is 36.2 Å². The molecule has 1 aromatic heterocycles. The molecule has 1 saturated heterocycles. The van der Waals surface area contributed by atoms with E-state index >= 15 is 0 Å². The van der Waals surface area contributed by atoms with Gasteiger partial charge in [0.1, 0.15) is 11.4 Å². The normalized spacial score (nSPS) is 19.0. The fourth-order valence-electron chi connectivity index (χ4n) is 3.15. The molecular formula is C21H23F5N4O3. The first kappa shape index (κ1) is 24.6. The van der Waals surface area contributed by atoms with Gasteiger partial charge in [0.15, 0.2) is 5.82 Å². The van der Waals surface area contributed by atoms with Gasteiger partial charge >= 0.3 is 12.3 Å². The summed E-state index contributed by atoms with van der Waals surface area (Å²) in [7, 11) is 0. The smallest absolute Gasteiger partial charge is 0.416 e. The van der Waals surface area contributed by atoms with E-state index < -0.39 is 47.2 Å². The molecule has 1 fully saturated rings. The summed E-state index contributed by atoms with van der Waals surface area (Å²) in [5.41, 5.74) is -1.91. The maximum Gasteiger partial charge on any atom is 0.416 e. The van der Waals surface area contributed by atoms with Gasteiger partial charge in [-0.05, 0) is 32.9 Å². The summed E-state index contributed by atoms with van der Waals surface area (Å²) in [6.45, 7) is 4.99. The van der Waals surface area contributed by atoms with Crippen LogP contribution in [0.1, 0.15) is 31.9 Å². The maximum atomic E-state index is 14.2. The van der Waals surface area contributed by atoms with Gasteiger partial charge in [-0.15, -0.1) is 0 Å². The van der Waals surface area contributed by atoms with Crippen LogP contribution in [-0.2, 0) is 22.3 Å². The quantitative estimate of drug-likeness (QED) is 0.648. The van der Waals surface area contributed by atoms with Gasteiger partial charge in [-0.2, -0.15) is 13.2 Å². The zero-order valence-corrected chi connectivity index (χ0v) is 18.1. The monoisotopic (exact) mass is 474 g/mol. The van der Waals surface area contributed by atoms with Crippen molar-refractivity contribution in [3.05, 3.63) is 53.4 Å². The van der Waals surface area contributed by atoms with Crippen molar-refractivity contribution in [3.63, 3.8) is 0 Å². The van der Waals surface area contributed by atoms with E-state index in [9.17, 15) is 26.7 Å². The molecule has 3 rings (SSSR count). The first-order valence-corrected chi connectivity index (χ1v) is 10.0. The molecule has 0 radical (unpaired) electrons. The largest absolute Gasteiger partial charge is 0.444 e. The van der Waals surface area contributed by atoms with Crippen molar-refractivity contribution in [1.29, 1.82) is 0 Å². The molecule has 0 saturated carbocycles. The number of aromatic nitrogens is 2. The van der Waals surface area contributed by atoms with E-state index in [2.05, 4.69) is 15.3 Å². The molecule has 1 N–H and O–H groups in total. The third-order valence-electron chi connectivity index (χ3n) is 4.69. The molecule has 12 heteroatoms. The number of alkyl halides is 3. The number of nitrogens with zero attached hydrogens (tertiary/aromatic N) is 3. The summed E-state index contributed by atoms with van der Waals surface area (Å²) in [5, 5.41) is 2.94. The molecule has 0 spiro atoms.